The number of pyridine rings is 1. The zero-order valence-electron chi connectivity index (χ0n) is 10.2. The number of carboxylic acid groups (broad SMARTS) is 1. The molecule has 1 aromatic heterocycles. The first kappa shape index (κ1) is 12.6. The van der Waals surface area contributed by atoms with Gasteiger partial charge in [-0.1, -0.05) is 0 Å². The van der Waals surface area contributed by atoms with Gasteiger partial charge in [0.1, 0.15) is 5.82 Å². The second-order valence-corrected chi connectivity index (χ2v) is 4.25. The quantitative estimate of drug-likeness (QED) is 0.816. The molecule has 1 atom stereocenters. The van der Waals surface area contributed by atoms with Crippen molar-refractivity contribution in [1.82, 2.24) is 4.98 Å². The number of rotatable bonds is 4. The van der Waals surface area contributed by atoms with Crippen LogP contribution in [0.3, 0.4) is 0 Å². The van der Waals surface area contributed by atoms with Gasteiger partial charge in [-0.05, 0) is 30.2 Å². The normalized spacial score (nSPS) is 19.3. The highest BCUT2D eigenvalue weighted by molar-refractivity contribution is 5.85. The summed E-state index contributed by atoms with van der Waals surface area (Å²) >= 11 is 0. The summed E-state index contributed by atoms with van der Waals surface area (Å²) in [7, 11) is 1.99. The predicted molar refractivity (Wildman–Crippen MR) is 68.5 cm³/mol. The fourth-order valence-corrected chi connectivity index (χ4v) is 1.89. The molecule has 0 bridgehead atoms. The van der Waals surface area contributed by atoms with Crippen LogP contribution in [-0.4, -0.2) is 42.4 Å². The molecule has 1 fully saturated rings. The average Bonchev–Trinajstić information content (AvgIpc) is 2.90. The second kappa shape index (κ2) is 5.64. The van der Waals surface area contributed by atoms with Gasteiger partial charge < -0.3 is 14.7 Å². The van der Waals surface area contributed by atoms with Gasteiger partial charge in [0.2, 0.25) is 0 Å². The molecule has 0 aliphatic carbocycles. The Balaban J connectivity index is 2.04. The first-order valence-corrected chi connectivity index (χ1v) is 5.84. The molecule has 1 saturated heterocycles. The molecule has 96 valence electrons. The van der Waals surface area contributed by atoms with Gasteiger partial charge in [-0.25, -0.2) is 9.78 Å². The number of nitrogens with zero attached hydrogens (tertiary/aromatic N) is 2. The Morgan fingerprint density at radius 2 is 2.44 bits per heavy atom. The van der Waals surface area contributed by atoms with E-state index in [0.717, 1.165) is 37.1 Å². The standard InChI is InChI=1S/C13H16N2O3/c1-15(11-6-7-18-9-11)12-4-2-10(8-14-12)3-5-13(16)17/h2-5,8,11H,6-7,9H2,1H3,(H,16,17)/b5-3+. The fourth-order valence-electron chi connectivity index (χ4n) is 1.89. The van der Waals surface area contributed by atoms with Crippen molar-refractivity contribution >= 4 is 17.9 Å². The summed E-state index contributed by atoms with van der Waals surface area (Å²) < 4.78 is 5.34. The first-order valence-electron chi connectivity index (χ1n) is 5.84. The molecular weight excluding hydrogens is 232 g/mol. The summed E-state index contributed by atoms with van der Waals surface area (Å²) in [5, 5.41) is 8.53. The van der Waals surface area contributed by atoms with E-state index in [1.54, 1.807) is 6.20 Å². The van der Waals surface area contributed by atoms with Crippen LogP contribution in [0, 0.1) is 0 Å². The van der Waals surface area contributed by atoms with E-state index in [1.165, 1.54) is 6.08 Å². The molecule has 1 aromatic rings. The van der Waals surface area contributed by atoms with Crippen molar-refractivity contribution in [3.63, 3.8) is 0 Å². The minimum Gasteiger partial charge on any atom is -0.478 e. The minimum atomic E-state index is -0.959. The van der Waals surface area contributed by atoms with E-state index in [4.69, 9.17) is 9.84 Å². The van der Waals surface area contributed by atoms with E-state index in [9.17, 15) is 4.79 Å². The Morgan fingerprint density at radius 3 is 3.00 bits per heavy atom. The van der Waals surface area contributed by atoms with Gasteiger partial charge in [-0.15, -0.1) is 0 Å². The van der Waals surface area contributed by atoms with Crippen LogP contribution >= 0.6 is 0 Å². The van der Waals surface area contributed by atoms with E-state index < -0.39 is 5.97 Å². The molecule has 0 radical (unpaired) electrons. The second-order valence-electron chi connectivity index (χ2n) is 4.25. The van der Waals surface area contributed by atoms with Crippen LogP contribution in [0.4, 0.5) is 5.82 Å². The third kappa shape index (κ3) is 3.07. The van der Waals surface area contributed by atoms with Crippen LogP contribution in [0.25, 0.3) is 6.08 Å². The number of aromatic nitrogens is 1. The lowest BCUT2D eigenvalue weighted by atomic mass is 10.2. The Morgan fingerprint density at radius 1 is 1.61 bits per heavy atom. The third-order valence-electron chi connectivity index (χ3n) is 3.00. The maximum absolute atomic E-state index is 10.4. The zero-order chi connectivity index (χ0) is 13.0. The summed E-state index contributed by atoms with van der Waals surface area (Å²) in [6.07, 6.45) is 5.31. The SMILES string of the molecule is CN(c1ccc(/C=C/C(=O)O)cn1)C1CCOC1. The molecule has 1 unspecified atom stereocenters. The predicted octanol–water partition coefficient (Wildman–Crippen LogP) is 1.40. The van der Waals surface area contributed by atoms with Gasteiger partial charge in [-0.3, -0.25) is 0 Å². The lowest BCUT2D eigenvalue weighted by molar-refractivity contribution is -0.131. The first-order chi connectivity index (χ1) is 8.66. The Labute approximate surface area is 106 Å². The monoisotopic (exact) mass is 248 g/mol. The molecule has 2 rings (SSSR count). The molecule has 0 amide bonds. The number of hydrogen-bond donors (Lipinski definition) is 1. The number of likely N-dealkylation sites (N-methyl/N-ethyl adjacent to an activating group) is 1. The molecule has 0 spiro atoms. The lowest BCUT2D eigenvalue weighted by Gasteiger charge is -2.24. The molecule has 1 aliphatic rings. The van der Waals surface area contributed by atoms with Gasteiger partial charge in [0, 0.05) is 25.9 Å². The molecule has 1 N–H and O–H groups in total. The minimum absolute atomic E-state index is 0.373. The van der Waals surface area contributed by atoms with Crippen LogP contribution < -0.4 is 4.90 Å². The highest BCUT2D eigenvalue weighted by atomic mass is 16.5. The van der Waals surface area contributed by atoms with Gasteiger partial charge in [0.15, 0.2) is 0 Å². The molecule has 0 saturated carbocycles. The number of ether oxygens (including phenoxy) is 1. The maximum Gasteiger partial charge on any atom is 0.328 e. The number of carboxylic acids is 1. The molecular formula is C13H16N2O3. The van der Waals surface area contributed by atoms with Crippen molar-refractivity contribution in [2.24, 2.45) is 0 Å². The fraction of sp³-hybridized carbons (Fsp3) is 0.385. The van der Waals surface area contributed by atoms with Crippen molar-refractivity contribution in [1.29, 1.82) is 0 Å². The van der Waals surface area contributed by atoms with Crippen molar-refractivity contribution in [2.75, 3.05) is 25.2 Å². The molecule has 5 heteroatoms. The third-order valence-corrected chi connectivity index (χ3v) is 3.00. The zero-order valence-corrected chi connectivity index (χ0v) is 10.2. The number of aliphatic carboxylic acids is 1. The molecule has 18 heavy (non-hydrogen) atoms. The Hall–Kier alpha value is -1.88. The van der Waals surface area contributed by atoms with Gasteiger partial charge in [0.25, 0.3) is 0 Å². The summed E-state index contributed by atoms with van der Waals surface area (Å²) in [4.78, 5) is 16.8. The summed E-state index contributed by atoms with van der Waals surface area (Å²) in [6, 6.07) is 4.12. The van der Waals surface area contributed by atoms with E-state index >= 15 is 0 Å². The number of carbonyl (C=O) groups is 1. The Bertz CT molecular complexity index is 436. The van der Waals surface area contributed by atoms with Crippen LogP contribution in [0.2, 0.25) is 0 Å². The smallest absolute Gasteiger partial charge is 0.328 e. The lowest BCUT2D eigenvalue weighted by Crippen LogP contribution is -2.32. The van der Waals surface area contributed by atoms with E-state index in [1.807, 2.05) is 19.2 Å². The molecule has 2 heterocycles. The maximum atomic E-state index is 10.4. The average molecular weight is 248 g/mol. The van der Waals surface area contributed by atoms with Gasteiger partial charge in [0.05, 0.1) is 12.6 Å². The Kier molecular flexibility index (Phi) is 3.94. The summed E-state index contributed by atoms with van der Waals surface area (Å²) in [5.41, 5.74) is 0.775. The van der Waals surface area contributed by atoms with Crippen LogP contribution in [0.5, 0.6) is 0 Å². The molecule has 5 nitrogen and oxygen atoms in total. The summed E-state index contributed by atoms with van der Waals surface area (Å²) in [6.45, 7) is 1.54. The number of hydrogen-bond acceptors (Lipinski definition) is 4. The van der Waals surface area contributed by atoms with Gasteiger partial charge >= 0.3 is 5.97 Å². The van der Waals surface area contributed by atoms with Crippen LogP contribution in [-0.2, 0) is 9.53 Å². The number of anilines is 1. The van der Waals surface area contributed by atoms with Crippen molar-refractivity contribution in [2.45, 2.75) is 12.5 Å². The van der Waals surface area contributed by atoms with E-state index in [-0.39, 0.29) is 0 Å². The van der Waals surface area contributed by atoms with E-state index in [0.29, 0.717) is 6.04 Å². The van der Waals surface area contributed by atoms with Crippen molar-refractivity contribution in [3.05, 3.63) is 30.0 Å². The van der Waals surface area contributed by atoms with E-state index in [2.05, 4.69) is 9.88 Å². The summed E-state index contributed by atoms with van der Waals surface area (Å²) in [5.74, 6) is -0.0859. The highest BCUT2D eigenvalue weighted by Crippen LogP contribution is 2.18. The largest absolute Gasteiger partial charge is 0.478 e. The van der Waals surface area contributed by atoms with Crippen LogP contribution in [0.1, 0.15) is 12.0 Å². The van der Waals surface area contributed by atoms with Crippen LogP contribution in [0.15, 0.2) is 24.4 Å². The topological polar surface area (TPSA) is 62.7 Å². The molecule has 1 aliphatic heterocycles. The van der Waals surface area contributed by atoms with Crippen molar-refractivity contribution in [3.8, 4) is 0 Å². The van der Waals surface area contributed by atoms with Gasteiger partial charge in [-0.2, -0.15) is 0 Å². The van der Waals surface area contributed by atoms with Crippen molar-refractivity contribution < 1.29 is 14.6 Å². The molecule has 0 aromatic carbocycles. The highest BCUT2D eigenvalue weighted by Gasteiger charge is 2.20.